The molecule has 2 heterocycles. The van der Waals surface area contributed by atoms with Crippen molar-refractivity contribution < 1.29 is 19.1 Å². The van der Waals surface area contributed by atoms with E-state index in [0.29, 0.717) is 36.7 Å². The zero-order valence-corrected chi connectivity index (χ0v) is 18.7. The molecule has 0 radical (unpaired) electrons. The monoisotopic (exact) mass is 445 g/mol. The molecule has 0 spiro atoms. The lowest BCUT2D eigenvalue weighted by molar-refractivity contribution is -0.125. The number of para-hydroxylation sites is 1. The van der Waals surface area contributed by atoms with Crippen molar-refractivity contribution in [2.24, 2.45) is 5.92 Å². The van der Waals surface area contributed by atoms with Crippen LogP contribution in [0.4, 0.5) is 0 Å². The molecular formula is C26H27N3O4. The highest BCUT2D eigenvalue weighted by molar-refractivity contribution is 5.95. The number of carbonyl (C=O) groups is 2. The third-order valence-electron chi connectivity index (χ3n) is 5.99. The van der Waals surface area contributed by atoms with Gasteiger partial charge in [0.1, 0.15) is 11.5 Å². The van der Waals surface area contributed by atoms with Crippen molar-refractivity contribution in [1.29, 1.82) is 0 Å². The number of ether oxygens (including phenoxy) is 2. The summed E-state index contributed by atoms with van der Waals surface area (Å²) in [5.41, 5.74) is 2.37. The first-order valence-corrected chi connectivity index (χ1v) is 10.8. The van der Waals surface area contributed by atoms with Gasteiger partial charge in [-0.25, -0.2) is 0 Å². The zero-order chi connectivity index (χ0) is 23.2. The van der Waals surface area contributed by atoms with Crippen LogP contribution >= 0.6 is 0 Å². The molecule has 7 nitrogen and oxygen atoms in total. The third kappa shape index (κ3) is 4.98. The Hall–Kier alpha value is -3.87. The fraction of sp³-hybridized carbons (Fsp3) is 0.269. The molecule has 4 rings (SSSR count). The van der Waals surface area contributed by atoms with E-state index in [2.05, 4.69) is 10.3 Å². The average Bonchev–Trinajstić information content (AvgIpc) is 3.33. The fourth-order valence-corrected chi connectivity index (χ4v) is 4.28. The number of carbonyl (C=O) groups excluding carboxylic acids is 2. The summed E-state index contributed by atoms with van der Waals surface area (Å²) in [6.07, 6.45) is 3.42. The molecule has 7 heteroatoms. The van der Waals surface area contributed by atoms with Crippen LogP contribution in [-0.2, 0) is 11.3 Å². The van der Waals surface area contributed by atoms with Gasteiger partial charge in [-0.1, -0.05) is 30.3 Å². The van der Waals surface area contributed by atoms with E-state index in [9.17, 15) is 9.59 Å². The van der Waals surface area contributed by atoms with Crippen LogP contribution in [0.2, 0.25) is 0 Å². The van der Waals surface area contributed by atoms with Gasteiger partial charge >= 0.3 is 0 Å². The van der Waals surface area contributed by atoms with Crippen molar-refractivity contribution in [3.05, 3.63) is 89.7 Å². The van der Waals surface area contributed by atoms with Crippen molar-refractivity contribution in [1.82, 2.24) is 15.2 Å². The van der Waals surface area contributed by atoms with Gasteiger partial charge in [-0.15, -0.1) is 0 Å². The number of methoxy groups -OCH3 is 2. The van der Waals surface area contributed by atoms with Crippen LogP contribution in [0, 0.1) is 5.92 Å². The van der Waals surface area contributed by atoms with E-state index in [1.54, 1.807) is 55.8 Å². The number of amides is 2. The average molecular weight is 446 g/mol. The lowest BCUT2D eigenvalue weighted by Crippen LogP contribution is -2.35. The van der Waals surface area contributed by atoms with Gasteiger partial charge in [-0.05, 0) is 41.5 Å². The molecule has 1 aliphatic rings. The highest BCUT2D eigenvalue weighted by Crippen LogP contribution is 2.38. The normalized spacial score (nSPS) is 17.5. The Bertz CT molecular complexity index is 1120. The van der Waals surface area contributed by atoms with Gasteiger partial charge in [-0.2, -0.15) is 0 Å². The summed E-state index contributed by atoms with van der Waals surface area (Å²) in [5, 5.41) is 3.02. The van der Waals surface area contributed by atoms with E-state index >= 15 is 0 Å². The third-order valence-corrected chi connectivity index (χ3v) is 5.99. The molecule has 1 fully saturated rings. The van der Waals surface area contributed by atoms with Crippen LogP contribution in [0.1, 0.15) is 27.4 Å². The van der Waals surface area contributed by atoms with Crippen molar-refractivity contribution in [3.8, 4) is 11.5 Å². The summed E-state index contributed by atoms with van der Waals surface area (Å²) in [5.74, 6) is 0.500. The van der Waals surface area contributed by atoms with E-state index in [1.807, 2.05) is 36.4 Å². The van der Waals surface area contributed by atoms with Gasteiger partial charge < -0.3 is 19.7 Å². The number of nitrogens with one attached hydrogen (secondary N) is 1. The highest BCUT2D eigenvalue weighted by Gasteiger charge is 2.41. The largest absolute Gasteiger partial charge is 0.497 e. The van der Waals surface area contributed by atoms with Crippen LogP contribution in [0.3, 0.4) is 0 Å². The number of hydrogen-bond acceptors (Lipinski definition) is 5. The molecule has 0 unspecified atom stereocenters. The number of hydrogen-bond donors (Lipinski definition) is 1. The maximum absolute atomic E-state index is 13.3. The topological polar surface area (TPSA) is 80.8 Å². The number of rotatable bonds is 7. The number of benzene rings is 2. The first-order valence-electron chi connectivity index (χ1n) is 10.8. The SMILES string of the molecule is COc1cccc(C(=O)N2C[C@H](C(=O)NCc3cccnc3)[C@@H](c3ccccc3OC)C2)c1. The minimum atomic E-state index is -0.410. The molecule has 2 aromatic carbocycles. The molecule has 170 valence electrons. The molecule has 1 saturated heterocycles. The second-order valence-electron chi connectivity index (χ2n) is 7.98. The van der Waals surface area contributed by atoms with Gasteiger partial charge in [0.2, 0.25) is 5.91 Å². The lowest BCUT2D eigenvalue weighted by Gasteiger charge is -2.20. The molecular weight excluding hydrogens is 418 g/mol. The first kappa shape index (κ1) is 22.3. The molecule has 1 aromatic heterocycles. The van der Waals surface area contributed by atoms with Crippen LogP contribution in [-0.4, -0.2) is 49.0 Å². The molecule has 3 aromatic rings. The highest BCUT2D eigenvalue weighted by atomic mass is 16.5. The van der Waals surface area contributed by atoms with E-state index in [0.717, 1.165) is 11.1 Å². The maximum atomic E-state index is 13.3. The second kappa shape index (κ2) is 10.2. The van der Waals surface area contributed by atoms with Crippen molar-refractivity contribution in [3.63, 3.8) is 0 Å². The first-order chi connectivity index (χ1) is 16.1. The quantitative estimate of drug-likeness (QED) is 0.604. The van der Waals surface area contributed by atoms with E-state index in [-0.39, 0.29) is 17.7 Å². The molecule has 2 atom stereocenters. The minimum absolute atomic E-state index is 0.101. The smallest absolute Gasteiger partial charge is 0.254 e. The summed E-state index contributed by atoms with van der Waals surface area (Å²) in [4.78, 5) is 32.4. The molecule has 0 saturated carbocycles. The molecule has 0 aliphatic carbocycles. The molecule has 1 aliphatic heterocycles. The summed E-state index contributed by atoms with van der Waals surface area (Å²) < 4.78 is 10.8. The van der Waals surface area contributed by atoms with Gasteiger partial charge in [0.25, 0.3) is 5.91 Å². The predicted molar refractivity (Wildman–Crippen MR) is 124 cm³/mol. The summed E-state index contributed by atoms with van der Waals surface area (Å²) in [7, 11) is 3.18. The van der Waals surface area contributed by atoms with E-state index in [4.69, 9.17) is 9.47 Å². The van der Waals surface area contributed by atoms with Crippen LogP contribution < -0.4 is 14.8 Å². The van der Waals surface area contributed by atoms with Gasteiger partial charge in [0.05, 0.1) is 20.1 Å². The fourth-order valence-electron chi connectivity index (χ4n) is 4.28. The Labute approximate surface area is 193 Å². The molecule has 1 N–H and O–H groups in total. The zero-order valence-electron chi connectivity index (χ0n) is 18.7. The van der Waals surface area contributed by atoms with Gasteiger partial charge in [0.15, 0.2) is 0 Å². The van der Waals surface area contributed by atoms with Crippen LogP contribution in [0.15, 0.2) is 73.1 Å². The summed E-state index contributed by atoms with van der Waals surface area (Å²) in [6.45, 7) is 1.12. The summed E-state index contributed by atoms with van der Waals surface area (Å²) in [6, 6.07) is 18.5. The maximum Gasteiger partial charge on any atom is 0.254 e. The number of nitrogens with zero attached hydrogens (tertiary/aromatic N) is 2. The number of aromatic nitrogens is 1. The van der Waals surface area contributed by atoms with Crippen molar-refractivity contribution >= 4 is 11.8 Å². The molecule has 2 amide bonds. The summed E-state index contributed by atoms with van der Waals surface area (Å²) >= 11 is 0. The second-order valence-corrected chi connectivity index (χ2v) is 7.98. The Morgan fingerprint density at radius 2 is 1.88 bits per heavy atom. The van der Waals surface area contributed by atoms with Crippen LogP contribution in [0.25, 0.3) is 0 Å². The van der Waals surface area contributed by atoms with E-state index in [1.165, 1.54) is 0 Å². The number of pyridine rings is 1. The standard InChI is InChI=1S/C26H27N3O4/c1-32-20-9-5-8-19(13-20)26(31)29-16-22(21-10-3-4-11-24(21)33-2)23(17-29)25(30)28-15-18-7-6-12-27-14-18/h3-14,22-23H,15-17H2,1-2H3,(H,28,30)/t22-,23+/m1/s1. The Morgan fingerprint density at radius 1 is 1.03 bits per heavy atom. The molecule has 33 heavy (non-hydrogen) atoms. The lowest BCUT2D eigenvalue weighted by atomic mass is 9.87. The van der Waals surface area contributed by atoms with Crippen molar-refractivity contribution in [2.75, 3.05) is 27.3 Å². The predicted octanol–water partition coefficient (Wildman–Crippen LogP) is 3.27. The molecule has 0 bridgehead atoms. The van der Waals surface area contributed by atoms with Crippen molar-refractivity contribution in [2.45, 2.75) is 12.5 Å². The Balaban J connectivity index is 1.59. The minimum Gasteiger partial charge on any atom is -0.497 e. The Kier molecular flexibility index (Phi) is 6.88. The van der Waals surface area contributed by atoms with Gasteiger partial charge in [0, 0.05) is 43.5 Å². The van der Waals surface area contributed by atoms with E-state index < -0.39 is 5.92 Å². The number of likely N-dealkylation sites (tertiary alicyclic amines) is 1. The Morgan fingerprint density at radius 3 is 2.64 bits per heavy atom. The van der Waals surface area contributed by atoms with Gasteiger partial charge in [-0.3, -0.25) is 14.6 Å². The van der Waals surface area contributed by atoms with Crippen LogP contribution in [0.5, 0.6) is 11.5 Å².